The van der Waals surface area contributed by atoms with Gasteiger partial charge >= 0.3 is 0 Å². The zero-order chi connectivity index (χ0) is 24.2. The van der Waals surface area contributed by atoms with Gasteiger partial charge in [-0.1, -0.05) is 25.2 Å². The average molecular weight is 483 g/mol. The molecule has 0 saturated heterocycles. The number of aromatic nitrogens is 3. The van der Waals surface area contributed by atoms with E-state index in [4.69, 9.17) is 0 Å². The molecule has 0 aliphatic rings. The fourth-order valence-corrected chi connectivity index (χ4v) is 4.79. The number of halogens is 1. The maximum Gasteiger partial charge on any atom is 0.252 e. The summed E-state index contributed by atoms with van der Waals surface area (Å²) in [5.74, 6) is -1.03. The van der Waals surface area contributed by atoms with Crippen molar-refractivity contribution in [2.24, 2.45) is 0 Å². The first-order valence-corrected chi connectivity index (χ1v) is 12.1. The first-order chi connectivity index (χ1) is 16.4. The van der Waals surface area contributed by atoms with Gasteiger partial charge in [0, 0.05) is 37.1 Å². The highest BCUT2D eigenvalue weighted by molar-refractivity contribution is 7.23. The van der Waals surface area contributed by atoms with Gasteiger partial charge in [-0.3, -0.25) is 14.0 Å². The molecule has 178 valence electrons. The van der Waals surface area contributed by atoms with Crippen LogP contribution in [0.15, 0.2) is 36.7 Å². The van der Waals surface area contributed by atoms with E-state index in [1.807, 2.05) is 0 Å². The van der Waals surface area contributed by atoms with Crippen LogP contribution in [0.3, 0.4) is 0 Å². The summed E-state index contributed by atoms with van der Waals surface area (Å²) in [5, 5.41) is 5.43. The number of benzene rings is 1. The van der Waals surface area contributed by atoms with Crippen LogP contribution in [-0.4, -0.2) is 64.3 Å². The van der Waals surface area contributed by atoms with Crippen LogP contribution in [0.5, 0.6) is 0 Å². The van der Waals surface area contributed by atoms with Crippen molar-refractivity contribution in [2.45, 2.75) is 20.3 Å². The smallest absolute Gasteiger partial charge is 0.252 e. The van der Waals surface area contributed by atoms with Crippen molar-refractivity contribution in [3.8, 4) is 11.3 Å². The minimum Gasteiger partial charge on any atom is -0.355 e. The third-order valence-electron chi connectivity index (χ3n) is 5.76. The number of thiazole rings is 1. The van der Waals surface area contributed by atoms with Crippen molar-refractivity contribution in [3.63, 3.8) is 0 Å². The number of nitrogens with one attached hydrogen (secondary N) is 2. The second-order valence-corrected chi connectivity index (χ2v) is 8.85. The van der Waals surface area contributed by atoms with Crippen LogP contribution in [-0.2, 0) is 0 Å². The van der Waals surface area contributed by atoms with Gasteiger partial charge in [0.2, 0.25) is 0 Å². The number of hydrogen-bond donors (Lipinski definition) is 2. The molecule has 0 bridgehead atoms. The summed E-state index contributed by atoms with van der Waals surface area (Å²) >= 11 is 1.38. The standard InChI is InChI=1S/C24H27FN6O2S/c1-4-30(5-2)10-6-9-27-23(33)16-12-20-21(28-13-16)31-14-19(29-24(31)34-20)17-8-7-15(11-18(17)25)22(32)26-3/h7-8,11-14H,4-6,9-10H2,1-3H3,(H,26,32)(H,27,33). The number of rotatable bonds is 9. The first kappa shape index (κ1) is 23.8. The molecule has 0 unspecified atom stereocenters. The van der Waals surface area contributed by atoms with Crippen LogP contribution in [0.4, 0.5) is 4.39 Å². The molecule has 2 amide bonds. The molecule has 4 rings (SSSR count). The maximum atomic E-state index is 14.6. The largest absolute Gasteiger partial charge is 0.355 e. The molecule has 0 spiro atoms. The van der Waals surface area contributed by atoms with Crippen LogP contribution in [0.1, 0.15) is 41.0 Å². The van der Waals surface area contributed by atoms with Gasteiger partial charge in [0.15, 0.2) is 10.6 Å². The predicted octanol–water partition coefficient (Wildman–Crippen LogP) is 3.57. The zero-order valence-electron chi connectivity index (χ0n) is 19.4. The first-order valence-electron chi connectivity index (χ1n) is 11.2. The quantitative estimate of drug-likeness (QED) is 0.356. The zero-order valence-corrected chi connectivity index (χ0v) is 20.2. The SMILES string of the molecule is CCN(CC)CCCNC(=O)c1cnc2c(c1)sc1nc(-c3ccc(C(=O)NC)cc3F)cn12. The van der Waals surface area contributed by atoms with Crippen LogP contribution in [0.25, 0.3) is 26.6 Å². The van der Waals surface area contributed by atoms with Gasteiger partial charge in [-0.2, -0.15) is 0 Å². The number of fused-ring (bicyclic) bond motifs is 3. The number of imidazole rings is 1. The van der Waals surface area contributed by atoms with E-state index in [0.717, 1.165) is 30.8 Å². The van der Waals surface area contributed by atoms with Gasteiger partial charge in [-0.15, -0.1) is 0 Å². The van der Waals surface area contributed by atoms with E-state index in [1.54, 1.807) is 35.0 Å². The summed E-state index contributed by atoms with van der Waals surface area (Å²) < 4.78 is 17.3. The normalized spacial score (nSPS) is 11.4. The van der Waals surface area contributed by atoms with Gasteiger partial charge in [-0.05, 0) is 50.3 Å². The lowest BCUT2D eigenvalue weighted by Crippen LogP contribution is -2.29. The minimum atomic E-state index is -0.524. The fraction of sp³-hybridized carbons (Fsp3) is 0.333. The van der Waals surface area contributed by atoms with E-state index in [0.29, 0.717) is 34.0 Å². The van der Waals surface area contributed by atoms with Crippen LogP contribution in [0, 0.1) is 5.82 Å². The second kappa shape index (κ2) is 10.3. The van der Waals surface area contributed by atoms with Crippen molar-refractivity contribution in [3.05, 3.63) is 53.6 Å². The van der Waals surface area contributed by atoms with E-state index in [9.17, 15) is 14.0 Å². The van der Waals surface area contributed by atoms with Crippen molar-refractivity contribution >= 4 is 38.5 Å². The molecule has 0 radical (unpaired) electrons. The maximum absolute atomic E-state index is 14.6. The lowest BCUT2D eigenvalue weighted by Gasteiger charge is -2.17. The Bertz CT molecular complexity index is 1340. The molecule has 0 aliphatic heterocycles. The molecule has 34 heavy (non-hydrogen) atoms. The average Bonchev–Trinajstić information content (AvgIpc) is 3.40. The number of amides is 2. The summed E-state index contributed by atoms with van der Waals surface area (Å²) in [6.07, 6.45) is 4.15. The summed E-state index contributed by atoms with van der Waals surface area (Å²) in [6.45, 7) is 7.81. The van der Waals surface area contributed by atoms with Crippen molar-refractivity contribution in [1.29, 1.82) is 0 Å². The highest BCUT2D eigenvalue weighted by Crippen LogP contribution is 2.30. The third-order valence-corrected chi connectivity index (χ3v) is 6.75. The van der Waals surface area contributed by atoms with Gasteiger partial charge in [-0.25, -0.2) is 14.4 Å². The van der Waals surface area contributed by atoms with E-state index >= 15 is 0 Å². The molecule has 1 aromatic carbocycles. The van der Waals surface area contributed by atoms with E-state index in [-0.39, 0.29) is 17.4 Å². The van der Waals surface area contributed by atoms with E-state index in [1.165, 1.54) is 24.5 Å². The molecule has 3 aromatic heterocycles. The number of pyridine rings is 1. The minimum absolute atomic E-state index is 0.154. The highest BCUT2D eigenvalue weighted by atomic mass is 32.1. The number of nitrogens with zero attached hydrogens (tertiary/aromatic N) is 4. The molecule has 3 heterocycles. The Kier molecular flexibility index (Phi) is 7.18. The molecular weight excluding hydrogens is 455 g/mol. The molecule has 4 aromatic rings. The van der Waals surface area contributed by atoms with Gasteiger partial charge in [0.25, 0.3) is 11.8 Å². The fourth-order valence-electron chi connectivity index (χ4n) is 3.79. The van der Waals surface area contributed by atoms with Gasteiger partial charge in [0.1, 0.15) is 5.82 Å². The Labute approximate surface area is 200 Å². The molecule has 10 heteroatoms. The lowest BCUT2D eigenvalue weighted by atomic mass is 10.1. The molecular formula is C24H27FN6O2S. The second-order valence-electron chi connectivity index (χ2n) is 7.84. The summed E-state index contributed by atoms with van der Waals surface area (Å²) in [6, 6.07) is 6.11. The van der Waals surface area contributed by atoms with Crippen molar-refractivity contribution in [2.75, 3.05) is 33.2 Å². The molecule has 0 saturated carbocycles. The molecule has 0 aliphatic carbocycles. The van der Waals surface area contributed by atoms with Crippen LogP contribution in [0.2, 0.25) is 0 Å². The highest BCUT2D eigenvalue weighted by Gasteiger charge is 2.17. The molecule has 0 atom stereocenters. The lowest BCUT2D eigenvalue weighted by molar-refractivity contribution is 0.0947. The van der Waals surface area contributed by atoms with Crippen LogP contribution < -0.4 is 10.6 Å². The Morgan fingerprint density at radius 3 is 2.65 bits per heavy atom. The monoisotopic (exact) mass is 482 g/mol. The Balaban J connectivity index is 1.51. The Hall–Kier alpha value is -3.37. The topological polar surface area (TPSA) is 91.6 Å². The predicted molar refractivity (Wildman–Crippen MR) is 132 cm³/mol. The summed E-state index contributed by atoms with van der Waals surface area (Å²) in [7, 11) is 1.50. The Morgan fingerprint density at radius 2 is 1.94 bits per heavy atom. The molecule has 0 fully saturated rings. The van der Waals surface area contributed by atoms with E-state index in [2.05, 4.69) is 39.3 Å². The summed E-state index contributed by atoms with van der Waals surface area (Å²) in [5.41, 5.74) is 2.15. The van der Waals surface area contributed by atoms with E-state index < -0.39 is 5.82 Å². The molecule has 8 nitrogen and oxygen atoms in total. The third kappa shape index (κ3) is 4.78. The number of carbonyl (C=O) groups is 2. The van der Waals surface area contributed by atoms with Gasteiger partial charge in [0.05, 0.1) is 16.0 Å². The van der Waals surface area contributed by atoms with Crippen molar-refractivity contribution in [1.82, 2.24) is 29.9 Å². The van der Waals surface area contributed by atoms with Crippen LogP contribution >= 0.6 is 11.3 Å². The molecule has 2 N–H and O–H groups in total. The van der Waals surface area contributed by atoms with Gasteiger partial charge < -0.3 is 15.5 Å². The Morgan fingerprint density at radius 1 is 1.15 bits per heavy atom. The number of hydrogen-bond acceptors (Lipinski definition) is 6. The van der Waals surface area contributed by atoms with Crippen molar-refractivity contribution < 1.29 is 14.0 Å². The summed E-state index contributed by atoms with van der Waals surface area (Å²) in [4.78, 5) is 36.2. The number of carbonyl (C=O) groups excluding carboxylic acids is 2.